The molecule has 7 heterocycles. The van der Waals surface area contributed by atoms with E-state index in [1.54, 1.807) is 0 Å². The van der Waals surface area contributed by atoms with E-state index in [2.05, 4.69) is 10.6 Å². The van der Waals surface area contributed by atoms with Crippen molar-refractivity contribution in [3.8, 4) is 0 Å². The molecular formula is C55H94N2O41. The molecule has 0 aromatic carbocycles. The van der Waals surface area contributed by atoms with E-state index in [0.717, 1.165) is 13.8 Å². The van der Waals surface area contributed by atoms with Crippen molar-refractivity contribution in [2.24, 2.45) is 0 Å². The minimum Gasteiger partial charge on any atom is -0.477 e. The van der Waals surface area contributed by atoms with Crippen molar-refractivity contribution in [1.82, 2.24) is 10.6 Å². The number of carbonyl (C=O) groups is 3. The number of rotatable bonds is 28. The Labute approximate surface area is 556 Å². The minimum atomic E-state index is -3.53. The first-order valence-corrected chi connectivity index (χ1v) is 31.3. The number of carboxylic acids is 1. The molecular weight excluding hydrogens is 1340 g/mol. The van der Waals surface area contributed by atoms with Gasteiger partial charge in [0.05, 0.1) is 70.1 Å². The maximum atomic E-state index is 13.9. The van der Waals surface area contributed by atoms with Gasteiger partial charge in [0.25, 0.3) is 5.79 Å². The van der Waals surface area contributed by atoms with Crippen LogP contribution in [0.3, 0.4) is 0 Å². The number of aliphatic hydroxyl groups excluding tert-OH is 23. The van der Waals surface area contributed by atoms with E-state index < -0.39 is 309 Å². The Bertz CT molecular complexity index is 2510. The van der Waals surface area contributed by atoms with Crippen molar-refractivity contribution in [2.75, 3.05) is 39.6 Å². The van der Waals surface area contributed by atoms with Gasteiger partial charge in [-0.15, -0.1) is 0 Å². The lowest BCUT2D eigenvalue weighted by Gasteiger charge is -2.52. The largest absolute Gasteiger partial charge is 0.477 e. The molecule has 40 atom stereocenters. The first kappa shape index (κ1) is 82.2. The van der Waals surface area contributed by atoms with Gasteiger partial charge in [-0.05, 0) is 20.8 Å². The number of carboxylic acid groups (broad SMARTS) is 1. The predicted octanol–water partition coefficient (Wildman–Crippen LogP) is -16.2. The molecule has 7 aliphatic rings. The highest BCUT2D eigenvalue weighted by Gasteiger charge is 2.63. The summed E-state index contributed by atoms with van der Waals surface area (Å²) in [5, 5.41) is 268. The van der Waals surface area contributed by atoms with Crippen LogP contribution < -0.4 is 10.6 Å². The van der Waals surface area contributed by atoms with Gasteiger partial charge in [0.1, 0.15) is 171 Å². The van der Waals surface area contributed by atoms with Gasteiger partial charge in [-0.2, -0.15) is 0 Å². The van der Waals surface area contributed by atoms with Crippen LogP contribution in [0.2, 0.25) is 0 Å². The summed E-state index contributed by atoms with van der Waals surface area (Å²) in [6.07, 6.45) is -77.4. The average molecular weight is 1440 g/mol. The molecule has 98 heavy (non-hydrogen) atoms. The van der Waals surface area contributed by atoms with Gasteiger partial charge in [-0.1, -0.05) is 0 Å². The zero-order valence-corrected chi connectivity index (χ0v) is 53.1. The number of ether oxygens (including phenoxy) is 14. The predicted molar refractivity (Wildman–Crippen MR) is 303 cm³/mol. The van der Waals surface area contributed by atoms with Crippen LogP contribution in [0.4, 0.5) is 0 Å². The molecule has 0 aromatic rings. The summed E-state index contributed by atoms with van der Waals surface area (Å²) in [7, 11) is 0. The molecule has 26 N–H and O–H groups in total. The molecule has 7 rings (SSSR count). The summed E-state index contributed by atoms with van der Waals surface area (Å²) in [5.74, 6) is -7.65. The van der Waals surface area contributed by atoms with E-state index in [0.29, 0.717) is 0 Å². The average Bonchev–Trinajstić information content (AvgIpc) is 0.750. The summed E-state index contributed by atoms with van der Waals surface area (Å²) in [6.45, 7) is -1.49. The quantitative estimate of drug-likeness (QED) is 0.0346. The maximum absolute atomic E-state index is 13.9. The number of nitrogens with one attached hydrogen (secondary N) is 2. The molecule has 7 aliphatic heterocycles. The van der Waals surface area contributed by atoms with Crippen molar-refractivity contribution in [3.63, 3.8) is 0 Å². The highest BCUT2D eigenvalue weighted by molar-refractivity contribution is 5.76. The molecule has 2 amide bonds. The van der Waals surface area contributed by atoms with Crippen LogP contribution in [-0.2, 0) is 80.7 Å². The monoisotopic (exact) mass is 1440 g/mol. The number of hydrogen-bond donors (Lipinski definition) is 26. The number of hydrogen-bond acceptors (Lipinski definition) is 40. The second kappa shape index (κ2) is 35.1. The molecule has 570 valence electrons. The summed E-state index contributed by atoms with van der Waals surface area (Å²) in [6, 6.07) is -3.72. The fraction of sp³-hybridized carbons (Fsp3) is 0.945. The number of aliphatic hydroxyl groups is 23. The normalized spacial score (nSPS) is 46.8. The number of amides is 2. The molecule has 0 radical (unpaired) electrons. The molecule has 0 saturated carbocycles. The Morgan fingerprint density at radius 3 is 1.44 bits per heavy atom. The van der Waals surface area contributed by atoms with Gasteiger partial charge >= 0.3 is 5.97 Å². The van der Waals surface area contributed by atoms with E-state index in [1.807, 2.05) is 0 Å². The number of aliphatic carboxylic acids is 1. The molecule has 0 aliphatic carbocycles. The summed E-state index contributed by atoms with van der Waals surface area (Å²) < 4.78 is 81.1. The van der Waals surface area contributed by atoms with Gasteiger partial charge in [0, 0.05) is 20.3 Å². The van der Waals surface area contributed by atoms with Crippen molar-refractivity contribution in [2.45, 2.75) is 286 Å². The van der Waals surface area contributed by atoms with Gasteiger partial charge in [-0.3, -0.25) is 9.59 Å². The molecule has 0 aromatic heterocycles. The Hall–Kier alpha value is -3.07. The zero-order chi connectivity index (χ0) is 73.0. The third-order valence-corrected chi connectivity index (χ3v) is 18.0. The van der Waals surface area contributed by atoms with E-state index in [-0.39, 0.29) is 0 Å². The fourth-order valence-electron chi connectivity index (χ4n) is 12.3. The first-order valence-electron chi connectivity index (χ1n) is 31.3. The van der Waals surface area contributed by atoms with Crippen molar-refractivity contribution < 1.29 is 203 Å². The smallest absolute Gasteiger partial charge is 0.364 e. The Kier molecular flexibility index (Phi) is 29.5. The van der Waals surface area contributed by atoms with Crippen molar-refractivity contribution >= 4 is 17.8 Å². The molecule has 0 unspecified atom stereocenters. The standard InChI is InChI=1S/C55H94N2O41/c1-13-26(67)34(75)38(79)49(86-13)89-21-6-55(54(83)84,98-46(29(70)19(65)8-59)44(21)95-50-39(80)35(76)27(68)14(2)87-50)97-45-32(73)23(10-61)90-52(41(45)82)93-42(18(7-58)56-16(4)63)30(71)20(66)12-85-48-25(57-17(5)64)33(74)43(24(11-62)92-48)94-53-47(37(78)31(72)22(9-60)91-53)96-51-40(81)36(77)28(69)15(3)88-51/h13-15,18-53,58-62,65-82H,6-12H2,1-5H3,(H,56,63)(H,57,64)(H,83,84)/t13-,14-,15-,18-,19+,20+,21-,22+,23+,24+,25+,26+,27+,28+,29+,30-,31-,32-,33+,34+,35+,36+,37-,38-,39-,40-,41+,42+,43+,44+,45-,46-,47+,48+,49-,50-,51-,52-,53-,55+/m0/s1. The Balaban J connectivity index is 1.16. The van der Waals surface area contributed by atoms with E-state index >= 15 is 0 Å². The third kappa shape index (κ3) is 18.0. The van der Waals surface area contributed by atoms with E-state index in [4.69, 9.17) is 66.3 Å². The van der Waals surface area contributed by atoms with Crippen LogP contribution in [-0.4, -0.2) is 425 Å². The summed E-state index contributed by atoms with van der Waals surface area (Å²) in [4.78, 5) is 39.2. The molecule has 0 spiro atoms. The molecule has 0 bridgehead atoms. The van der Waals surface area contributed by atoms with Gasteiger partial charge in [-0.25, -0.2) is 4.79 Å². The van der Waals surface area contributed by atoms with Crippen LogP contribution in [0.25, 0.3) is 0 Å². The summed E-state index contributed by atoms with van der Waals surface area (Å²) >= 11 is 0. The molecule has 43 nitrogen and oxygen atoms in total. The van der Waals surface area contributed by atoms with Gasteiger partial charge < -0.3 is 200 Å². The van der Waals surface area contributed by atoms with Crippen LogP contribution >= 0.6 is 0 Å². The van der Waals surface area contributed by atoms with Crippen LogP contribution in [0.5, 0.6) is 0 Å². The highest BCUT2D eigenvalue weighted by atomic mass is 16.8. The first-order chi connectivity index (χ1) is 46.0. The second-order valence-corrected chi connectivity index (χ2v) is 25.0. The fourth-order valence-corrected chi connectivity index (χ4v) is 12.3. The SMILES string of the molecule is CC(=O)N[C@H]1[C@H](OC[C@@H](O)[C@H](O)[C@H](O[C@@H]2O[C@H](CO)[C@H](O)[C@H](O[C@]3(C(=O)O)C[C@H](O[C@@H]4O[C@@H](C)[C@@H](O)[C@@H](O)[C@@H]4O)[C@@H](O[C@@H]4O[C@@H](C)[C@@H](O)[C@@H](O)[C@@H]4O)[C@H]([C@H](O)[C@H](O)CO)O3)[C@H]2O)[C@H](CO)NC(C)=O)O[C@H](CO)[C@@H](O[C@@H]2O[C@H](CO)[C@H](O)[C@H](O)[C@H]2O[C@@H]2O[C@@H](C)[C@@H](O)[C@@H](O)[C@@H]2O)[C@@H]1O. The van der Waals surface area contributed by atoms with Crippen molar-refractivity contribution in [3.05, 3.63) is 0 Å². The van der Waals surface area contributed by atoms with Crippen LogP contribution in [0.15, 0.2) is 0 Å². The van der Waals surface area contributed by atoms with Gasteiger partial charge in [0.2, 0.25) is 11.8 Å². The highest BCUT2D eigenvalue weighted by Crippen LogP contribution is 2.43. The topological polar surface area (TPSA) is 690 Å². The lowest BCUT2D eigenvalue weighted by molar-refractivity contribution is -0.406. The van der Waals surface area contributed by atoms with Crippen LogP contribution in [0, 0.1) is 0 Å². The summed E-state index contributed by atoms with van der Waals surface area (Å²) in [5.41, 5.74) is 0. The van der Waals surface area contributed by atoms with E-state index in [1.165, 1.54) is 20.8 Å². The zero-order valence-electron chi connectivity index (χ0n) is 53.1. The van der Waals surface area contributed by atoms with E-state index in [9.17, 15) is 137 Å². The van der Waals surface area contributed by atoms with Crippen LogP contribution in [0.1, 0.15) is 41.0 Å². The third-order valence-electron chi connectivity index (χ3n) is 18.0. The lowest BCUT2D eigenvalue weighted by atomic mass is 9.89. The van der Waals surface area contributed by atoms with Gasteiger partial charge in [0.15, 0.2) is 37.7 Å². The minimum absolute atomic E-state index is 0.905. The molecule has 43 heteroatoms. The molecule has 7 fully saturated rings. The Morgan fingerprint density at radius 1 is 0.480 bits per heavy atom. The van der Waals surface area contributed by atoms with Crippen molar-refractivity contribution in [1.29, 1.82) is 0 Å². The Morgan fingerprint density at radius 2 is 0.959 bits per heavy atom. The lowest BCUT2D eigenvalue weighted by Crippen LogP contribution is -2.70. The second-order valence-electron chi connectivity index (χ2n) is 25.0. The maximum Gasteiger partial charge on any atom is 0.364 e. The number of carbonyl (C=O) groups excluding carboxylic acids is 2. The molecule has 7 saturated heterocycles.